The number of likely N-dealkylation sites (tertiary alicyclic amines) is 1. The van der Waals surface area contributed by atoms with Gasteiger partial charge in [-0.1, -0.05) is 0 Å². The predicted molar refractivity (Wildman–Crippen MR) is 64.2 cm³/mol. The number of hydrogen-bond acceptors (Lipinski definition) is 3. The molecule has 0 saturated carbocycles. The van der Waals surface area contributed by atoms with Crippen molar-refractivity contribution in [1.29, 1.82) is 0 Å². The minimum Gasteiger partial charge on any atom is -0.390 e. The normalized spacial score (nSPS) is 26.9. The summed E-state index contributed by atoms with van der Waals surface area (Å²) in [4.78, 5) is 15.8. The van der Waals surface area contributed by atoms with Crippen LogP contribution in [0.2, 0.25) is 0 Å². The summed E-state index contributed by atoms with van der Waals surface area (Å²) >= 11 is 0. The molecule has 4 nitrogen and oxygen atoms in total. The molecule has 1 heterocycles. The topological polar surface area (TPSA) is 43.8 Å². The smallest absolute Gasteiger partial charge is 0.223 e. The van der Waals surface area contributed by atoms with Gasteiger partial charge in [0.25, 0.3) is 0 Å². The Hall–Kier alpha value is -0.610. The van der Waals surface area contributed by atoms with E-state index in [2.05, 4.69) is 0 Å². The molecule has 1 N–H and O–H groups in total. The molecular weight excluding hydrogens is 204 g/mol. The average Bonchev–Trinajstić information content (AvgIpc) is 2.35. The summed E-state index contributed by atoms with van der Waals surface area (Å²) in [6.07, 6.45) is 2.97. The van der Waals surface area contributed by atoms with Gasteiger partial charge in [-0.3, -0.25) is 4.79 Å². The monoisotopic (exact) mass is 228 g/mol. The maximum Gasteiger partial charge on any atom is 0.223 e. The number of rotatable bonds is 3. The first kappa shape index (κ1) is 13.5. The first-order valence-corrected chi connectivity index (χ1v) is 6.06. The molecule has 0 aliphatic carbocycles. The SMILES string of the molecule is CN(C)CCC(=O)N1CCCC(C)(O)CC1. The Bertz CT molecular complexity index is 239. The summed E-state index contributed by atoms with van der Waals surface area (Å²) in [7, 11) is 3.95. The van der Waals surface area contributed by atoms with Crippen molar-refractivity contribution < 1.29 is 9.90 Å². The highest BCUT2D eigenvalue weighted by molar-refractivity contribution is 5.76. The van der Waals surface area contributed by atoms with E-state index in [0.29, 0.717) is 19.4 Å². The first-order chi connectivity index (χ1) is 7.41. The van der Waals surface area contributed by atoms with Crippen molar-refractivity contribution in [3.63, 3.8) is 0 Å². The molecule has 1 saturated heterocycles. The van der Waals surface area contributed by atoms with Crippen LogP contribution in [-0.2, 0) is 4.79 Å². The van der Waals surface area contributed by atoms with E-state index in [9.17, 15) is 9.90 Å². The van der Waals surface area contributed by atoms with Crippen LogP contribution in [0.1, 0.15) is 32.6 Å². The zero-order valence-corrected chi connectivity index (χ0v) is 10.7. The fourth-order valence-corrected chi connectivity index (χ4v) is 1.99. The lowest BCUT2D eigenvalue weighted by molar-refractivity contribution is -0.131. The van der Waals surface area contributed by atoms with Crippen LogP contribution in [0.25, 0.3) is 0 Å². The molecule has 0 radical (unpaired) electrons. The summed E-state index contributed by atoms with van der Waals surface area (Å²) in [5.41, 5.74) is -0.587. The van der Waals surface area contributed by atoms with E-state index >= 15 is 0 Å². The third-order valence-corrected chi connectivity index (χ3v) is 3.19. The molecule has 1 amide bonds. The zero-order valence-electron chi connectivity index (χ0n) is 10.7. The molecule has 1 unspecified atom stereocenters. The highest BCUT2D eigenvalue weighted by Gasteiger charge is 2.26. The number of aliphatic hydroxyl groups is 1. The van der Waals surface area contributed by atoms with Crippen LogP contribution in [-0.4, -0.2) is 60.1 Å². The molecule has 94 valence electrons. The number of carbonyl (C=O) groups excluding carboxylic acids is 1. The summed E-state index contributed by atoms with van der Waals surface area (Å²) in [5.74, 6) is 0.214. The van der Waals surface area contributed by atoms with Crippen LogP contribution in [0.15, 0.2) is 0 Å². The van der Waals surface area contributed by atoms with E-state index in [1.165, 1.54) is 0 Å². The van der Waals surface area contributed by atoms with Gasteiger partial charge in [-0.05, 0) is 40.3 Å². The Morgan fingerprint density at radius 2 is 2.06 bits per heavy atom. The zero-order chi connectivity index (χ0) is 12.2. The van der Waals surface area contributed by atoms with Crippen LogP contribution < -0.4 is 0 Å². The Labute approximate surface area is 98.2 Å². The molecule has 1 rings (SSSR count). The van der Waals surface area contributed by atoms with Gasteiger partial charge in [-0.25, -0.2) is 0 Å². The molecule has 1 aliphatic rings. The molecule has 1 fully saturated rings. The van der Waals surface area contributed by atoms with E-state index in [-0.39, 0.29) is 5.91 Å². The van der Waals surface area contributed by atoms with Crippen molar-refractivity contribution >= 4 is 5.91 Å². The summed E-state index contributed by atoms with van der Waals surface area (Å²) < 4.78 is 0. The second kappa shape index (κ2) is 5.64. The van der Waals surface area contributed by atoms with Gasteiger partial charge in [-0.15, -0.1) is 0 Å². The van der Waals surface area contributed by atoms with Gasteiger partial charge in [-0.2, -0.15) is 0 Å². The lowest BCUT2D eigenvalue weighted by Crippen LogP contribution is -2.35. The molecule has 16 heavy (non-hydrogen) atoms. The molecule has 0 bridgehead atoms. The third kappa shape index (κ3) is 4.49. The number of hydrogen-bond donors (Lipinski definition) is 1. The molecule has 1 atom stereocenters. The van der Waals surface area contributed by atoms with Crippen molar-refractivity contribution in [1.82, 2.24) is 9.80 Å². The van der Waals surface area contributed by atoms with Crippen molar-refractivity contribution in [3.05, 3.63) is 0 Å². The second-order valence-corrected chi connectivity index (χ2v) is 5.28. The van der Waals surface area contributed by atoms with E-state index in [1.807, 2.05) is 30.8 Å². The van der Waals surface area contributed by atoms with Gasteiger partial charge < -0.3 is 14.9 Å². The van der Waals surface area contributed by atoms with Gasteiger partial charge >= 0.3 is 0 Å². The Morgan fingerprint density at radius 3 is 2.69 bits per heavy atom. The predicted octanol–water partition coefficient (Wildman–Crippen LogP) is 0.702. The van der Waals surface area contributed by atoms with E-state index in [4.69, 9.17) is 0 Å². The summed E-state index contributed by atoms with van der Waals surface area (Å²) in [6.45, 7) is 4.15. The van der Waals surface area contributed by atoms with Gasteiger partial charge in [0.15, 0.2) is 0 Å². The third-order valence-electron chi connectivity index (χ3n) is 3.19. The standard InChI is InChI=1S/C12H24N2O2/c1-12(16)6-4-8-14(10-7-12)11(15)5-9-13(2)3/h16H,4-10H2,1-3H3. The fourth-order valence-electron chi connectivity index (χ4n) is 1.99. The quantitative estimate of drug-likeness (QED) is 0.773. The van der Waals surface area contributed by atoms with Gasteiger partial charge in [0.05, 0.1) is 5.60 Å². The fraction of sp³-hybridized carbons (Fsp3) is 0.917. The maximum absolute atomic E-state index is 11.9. The molecule has 1 aliphatic heterocycles. The van der Waals surface area contributed by atoms with Crippen molar-refractivity contribution in [2.75, 3.05) is 33.7 Å². The molecule has 0 aromatic rings. The van der Waals surface area contributed by atoms with Crippen LogP contribution in [0.4, 0.5) is 0 Å². The van der Waals surface area contributed by atoms with Gasteiger partial charge in [0, 0.05) is 26.1 Å². The highest BCUT2D eigenvalue weighted by Crippen LogP contribution is 2.21. The number of nitrogens with zero attached hydrogens (tertiary/aromatic N) is 2. The number of carbonyl (C=O) groups is 1. The molecule has 4 heteroatoms. The Balaban J connectivity index is 2.39. The van der Waals surface area contributed by atoms with Crippen molar-refractivity contribution in [2.45, 2.75) is 38.2 Å². The molecule has 0 aromatic heterocycles. The summed E-state index contributed by atoms with van der Waals surface area (Å²) in [6, 6.07) is 0. The van der Waals surface area contributed by atoms with Gasteiger partial charge in [0.1, 0.15) is 0 Å². The van der Waals surface area contributed by atoms with Crippen LogP contribution in [0.5, 0.6) is 0 Å². The van der Waals surface area contributed by atoms with Crippen LogP contribution in [0, 0.1) is 0 Å². The largest absolute Gasteiger partial charge is 0.390 e. The van der Waals surface area contributed by atoms with Crippen molar-refractivity contribution in [2.24, 2.45) is 0 Å². The minimum absolute atomic E-state index is 0.214. The lowest BCUT2D eigenvalue weighted by Gasteiger charge is -2.23. The van der Waals surface area contributed by atoms with Crippen LogP contribution in [0.3, 0.4) is 0 Å². The first-order valence-electron chi connectivity index (χ1n) is 6.06. The second-order valence-electron chi connectivity index (χ2n) is 5.28. The van der Waals surface area contributed by atoms with Crippen molar-refractivity contribution in [3.8, 4) is 0 Å². The van der Waals surface area contributed by atoms with E-state index in [1.54, 1.807) is 0 Å². The van der Waals surface area contributed by atoms with Gasteiger partial charge in [0.2, 0.25) is 5.91 Å². The lowest BCUT2D eigenvalue weighted by atomic mass is 9.98. The highest BCUT2D eigenvalue weighted by atomic mass is 16.3. The molecule has 0 aromatic carbocycles. The maximum atomic E-state index is 11.9. The Morgan fingerprint density at radius 1 is 1.38 bits per heavy atom. The number of amides is 1. The average molecular weight is 228 g/mol. The Kier molecular flexibility index (Phi) is 4.74. The van der Waals surface area contributed by atoms with E-state index < -0.39 is 5.60 Å². The molecular formula is C12H24N2O2. The summed E-state index contributed by atoms with van der Waals surface area (Å²) in [5, 5.41) is 9.93. The van der Waals surface area contributed by atoms with Crippen LogP contribution >= 0.6 is 0 Å². The molecule has 0 spiro atoms. The minimum atomic E-state index is -0.587. The van der Waals surface area contributed by atoms with E-state index in [0.717, 1.165) is 25.9 Å².